The van der Waals surface area contributed by atoms with Crippen molar-refractivity contribution in [1.82, 2.24) is 4.90 Å². The van der Waals surface area contributed by atoms with Gasteiger partial charge in [0.1, 0.15) is 11.3 Å². The molecule has 1 aliphatic heterocycles. The highest BCUT2D eigenvalue weighted by atomic mass is 16.5. The summed E-state index contributed by atoms with van der Waals surface area (Å²) in [6.07, 6.45) is 12.3. The molecule has 2 heterocycles. The standard InChI is InChI=1S/C25H34N2O3/c1-4-7-8-9-16-29-21-10-11-23-22(17-21)24(25(30-23)26-18-28)19-12-14-27(15-13-19)20(5-2)6-3/h7-8,10-11,17,19-20H,4-6,9,12-16H2,1-3H3. The Hall–Kier alpha value is -2.36. The maximum atomic E-state index is 11.0. The largest absolute Gasteiger partial charge is 0.493 e. The van der Waals surface area contributed by atoms with Crippen molar-refractivity contribution in [2.75, 3.05) is 19.7 Å². The average molecular weight is 411 g/mol. The first kappa shape index (κ1) is 22.3. The maximum Gasteiger partial charge on any atom is 0.243 e. The molecule has 5 nitrogen and oxygen atoms in total. The molecule has 0 N–H and O–H groups in total. The molecule has 0 saturated carbocycles. The molecule has 0 spiro atoms. The molecule has 1 aliphatic rings. The van der Waals surface area contributed by atoms with Crippen LogP contribution in [0.4, 0.5) is 5.88 Å². The quantitative estimate of drug-likeness (QED) is 0.194. The van der Waals surface area contributed by atoms with Gasteiger partial charge in [-0.15, -0.1) is 4.99 Å². The Morgan fingerprint density at radius 1 is 1.23 bits per heavy atom. The monoisotopic (exact) mass is 410 g/mol. The third-order valence-electron chi connectivity index (χ3n) is 6.18. The van der Waals surface area contributed by atoms with Crippen molar-refractivity contribution in [3.05, 3.63) is 35.9 Å². The minimum Gasteiger partial charge on any atom is -0.493 e. The number of nitrogens with zero attached hydrogens (tertiary/aromatic N) is 2. The summed E-state index contributed by atoms with van der Waals surface area (Å²) >= 11 is 0. The van der Waals surface area contributed by atoms with Gasteiger partial charge in [0.2, 0.25) is 12.0 Å². The number of allylic oxidation sites excluding steroid dienone is 1. The summed E-state index contributed by atoms with van der Waals surface area (Å²) in [7, 11) is 0. The molecule has 1 saturated heterocycles. The fourth-order valence-corrected chi connectivity index (χ4v) is 4.58. The van der Waals surface area contributed by atoms with Crippen LogP contribution in [-0.2, 0) is 4.79 Å². The molecule has 0 aliphatic carbocycles. The molecule has 30 heavy (non-hydrogen) atoms. The van der Waals surface area contributed by atoms with E-state index in [0.717, 1.165) is 61.1 Å². The van der Waals surface area contributed by atoms with Gasteiger partial charge in [0, 0.05) is 17.0 Å². The molecule has 1 aromatic heterocycles. The number of ether oxygens (including phenoxy) is 1. The second kappa shape index (κ2) is 11.1. The number of isocyanates is 1. The number of carbonyl (C=O) groups excluding carboxylic acids is 1. The predicted molar refractivity (Wildman–Crippen MR) is 121 cm³/mol. The van der Waals surface area contributed by atoms with Gasteiger partial charge in [-0.2, -0.15) is 0 Å². The topological polar surface area (TPSA) is 55.0 Å². The first-order chi connectivity index (χ1) is 14.7. The number of hydrogen-bond acceptors (Lipinski definition) is 5. The SMILES string of the molecule is CCC=CCCOc1ccc2oc(N=C=O)c(C3CCN(C(CC)CC)CC3)c2c1. The van der Waals surface area contributed by atoms with E-state index >= 15 is 0 Å². The highest BCUT2D eigenvalue weighted by Gasteiger charge is 2.29. The summed E-state index contributed by atoms with van der Waals surface area (Å²) in [6.45, 7) is 9.42. The van der Waals surface area contributed by atoms with Gasteiger partial charge in [0.05, 0.1) is 6.61 Å². The van der Waals surface area contributed by atoms with E-state index in [9.17, 15) is 4.79 Å². The Bertz CT molecular complexity index is 883. The van der Waals surface area contributed by atoms with Gasteiger partial charge >= 0.3 is 0 Å². The molecule has 5 heteroatoms. The van der Waals surface area contributed by atoms with E-state index in [1.807, 2.05) is 18.2 Å². The van der Waals surface area contributed by atoms with E-state index in [2.05, 4.69) is 42.8 Å². The van der Waals surface area contributed by atoms with Crippen molar-refractivity contribution in [1.29, 1.82) is 0 Å². The number of hydrogen-bond donors (Lipinski definition) is 0. The van der Waals surface area contributed by atoms with Crippen molar-refractivity contribution in [3.8, 4) is 5.75 Å². The lowest BCUT2D eigenvalue weighted by Gasteiger charge is -2.37. The number of aliphatic imine (C=N–C) groups is 1. The van der Waals surface area contributed by atoms with Crippen LogP contribution in [0.5, 0.6) is 5.75 Å². The van der Waals surface area contributed by atoms with Crippen LogP contribution < -0.4 is 4.74 Å². The lowest BCUT2D eigenvalue weighted by atomic mass is 9.87. The Morgan fingerprint density at radius 3 is 2.67 bits per heavy atom. The van der Waals surface area contributed by atoms with E-state index in [1.54, 1.807) is 6.08 Å². The third-order valence-corrected chi connectivity index (χ3v) is 6.18. The molecule has 1 aromatic carbocycles. The van der Waals surface area contributed by atoms with E-state index in [-0.39, 0.29) is 0 Å². The van der Waals surface area contributed by atoms with Gasteiger partial charge < -0.3 is 14.1 Å². The summed E-state index contributed by atoms with van der Waals surface area (Å²) in [4.78, 5) is 17.5. The highest BCUT2D eigenvalue weighted by molar-refractivity contribution is 5.87. The van der Waals surface area contributed by atoms with Gasteiger partial charge in [-0.1, -0.05) is 32.9 Å². The van der Waals surface area contributed by atoms with Crippen LogP contribution in [0.1, 0.15) is 70.8 Å². The molecular formula is C25H34N2O3. The van der Waals surface area contributed by atoms with Crippen molar-refractivity contribution in [2.45, 2.75) is 71.3 Å². The fraction of sp³-hybridized carbons (Fsp3) is 0.560. The molecule has 0 amide bonds. The van der Waals surface area contributed by atoms with Crippen LogP contribution in [0.15, 0.2) is 39.8 Å². The number of fused-ring (bicyclic) bond motifs is 1. The zero-order chi connectivity index (χ0) is 21.3. The molecule has 3 rings (SSSR count). The second-order valence-electron chi connectivity index (χ2n) is 7.98. The van der Waals surface area contributed by atoms with Crippen LogP contribution in [0.25, 0.3) is 11.0 Å². The Morgan fingerprint density at radius 2 is 2.00 bits per heavy atom. The lowest BCUT2D eigenvalue weighted by molar-refractivity contribution is 0.144. The minimum absolute atomic E-state index is 0.326. The normalized spacial score (nSPS) is 15.9. The van der Waals surface area contributed by atoms with Crippen molar-refractivity contribution in [3.63, 3.8) is 0 Å². The summed E-state index contributed by atoms with van der Waals surface area (Å²) in [5.74, 6) is 1.56. The van der Waals surface area contributed by atoms with Crippen molar-refractivity contribution < 1.29 is 13.9 Å². The van der Waals surface area contributed by atoms with E-state index < -0.39 is 0 Å². The van der Waals surface area contributed by atoms with Crippen LogP contribution in [-0.4, -0.2) is 36.7 Å². The summed E-state index contributed by atoms with van der Waals surface area (Å²) < 4.78 is 11.9. The Balaban J connectivity index is 1.81. The van der Waals surface area contributed by atoms with E-state index in [0.29, 0.717) is 24.5 Å². The van der Waals surface area contributed by atoms with Gasteiger partial charge in [0.25, 0.3) is 0 Å². The zero-order valence-electron chi connectivity index (χ0n) is 18.5. The molecule has 0 unspecified atom stereocenters. The van der Waals surface area contributed by atoms with E-state index in [1.165, 1.54) is 12.8 Å². The highest BCUT2D eigenvalue weighted by Crippen LogP contribution is 2.43. The number of benzene rings is 1. The van der Waals surface area contributed by atoms with Crippen LogP contribution in [0.2, 0.25) is 0 Å². The molecule has 162 valence electrons. The third kappa shape index (κ3) is 5.21. The number of furan rings is 1. The van der Waals surface area contributed by atoms with Crippen molar-refractivity contribution >= 4 is 22.9 Å². The first-order valence-electron chi connectivity index (χ1n) is 11.4. The number of rotatable bonds is 10. The molecule has 0 radical (unpaired) electrons. The molecule has 0 atom stereocenters. The van der Waals surface area contributed by atoms with Crippen LogP contribution in [0, 0.1) is 0 Å². The van der Waals surface area contributed by atoms with Crippen LogP contribution >= 0.6 is 0 Å². The Kier molecular flexibility index (Phi) is 8.30. The summed E-state index contributed by atoms with van der Waals surface area (Å²) in [5.41, 5.74) is 1.79. The molecule has 0 bridgehead atoms. The summed E-state index contributed by atoms with van der Waals surface area (Å²) in [5, 5.41) is 1.01. The van der Waals surface area contributed by atoms with Gasteiger partial charge in [-0.3, -0.25) is 0 Å². The number of likely N-dealkylation sites (tertiary alicyclic amines) is 1. The van der Waals surface area contributed by atoms with Crippen LogP contribution in [0.3, 0.4) is 0 Å². The average Bonchev–Trinajstić information content (AvgIpc) is 3.12. The van der Waals surface area contributed by atoms with E-state index in [4.69, 9.17) is 9.15 Å². The van der Waals surface area contributed by atoms with Crippen molar-refractivity contribution in [2.24, 2.45) is 4.99 Å². The lowest BCUT2D eigenvalue weighted by Crippen LogP contribution is -2.40. The van der Waals surface area contributed by atoms with Gasteiger partial charge in [-0.05, 0) is 75.7 Å². The summed E-state index contributed by atoms with van der Waals surface area (Å²) in [6, 6.07) is 6.53. The Labute approximate surface area is 179 Å². The minimum atomic E-state index is 0.326. The zero-order valence-corrected chi connectivity index (χ0v) is 18.5. The van der Waals surface area contributed by atoms with Gasteiger partial charge in [-0.25, -0.2) is 4.79 Å². The fourth-order valence-electron chi connectivity index (χ4n) is 4.58. The molecule has 2 aromatic rings. The molecular weight excluding hydrogens is 376 g/mol. The number of piperidine rings is 1. The first-order valence-corrected chi connectivity index (χ1v) is 11.4. The second-order valence-corrected chi connectivity index (χ2v) is 7.98. The predicted octanol–water partition coefficient (Wildman–Crippen LogP) is 6.50. The maximum absolute atomic E-state index is 11.0. The smallest absolute Gasteiger partial charge is 0.243 e. The molecule has 1 fully saturated rings. The van der Waals surface area contributed by atoms with Gasteiger partial charge in [0.15, 0.2) is 0 Å².